The Balaban J connectivity index is 2.28. The molecular weight excluding hydrogens is 238 g/mol. The summed E-state index contributed by atoms with van der Waals surface area (Å²) < 4.78 is 26.3. The molecule has 1 saturated heterocycles. The van der Waals surface area contributed by atoms with Gasteiger partial charge in [-0.25, -0.2) is 13.4 Å². The van der Waals surface area contributed by atoms with Crippen LogP contribution in [0.4, 0.5) is 0 Å². The number of hydrogen-bond donors (Lipinski definition) is 1. The van der Waals surface area contributed by atoms with Crippen LogP contribution in [0.2, 0.25) is 0 Å². The van der Waals surface area contributed by atoms with Crippen molar-refractivity contribution in [1.82, 2.24) is 9.31 Å². The topological polar surface area (TPSA) is 66.6 Å². The first-order chi connectivity index (χ1) is 8.01. The number of benzene rings is 1. The summed E-state index contributed by atoms with van der Waals surface area (Å²) in [5.74, 6) is 5.62. The zero-order valence-corrected chi connectivity index (χ0v) is 10.7. The lowest BCUT2D eigenvalue weighted by atomic mass is 10.2. The van der Waals surface area contributed by atoms with Crippen molar-refractivity contribution in [2.75, 3.05) is 26.2 Å². The van der Waals surface area contributed by atoms with Crippen LogP contribution in [0.3, 0.4) is 0 Å². The molecule has 0 saturated carbocycles. The van der Waals surface area contributed by atoms with Crippen LogP contribution in [0, 0.1) is 6.92 Å². The summed E-state index contributed by atoms with van der Waals surface area (Å²) in [6.07, 6.45) is 0. The van der Waals surface area contributed by atoms with Crippen molar-refractivity contribution in [2.45, 2.75) is 11.8 Å². The predicted octanol–water partition coefficient (Wildman–Crippen LogP) is 0.175. The Morgan fingerprint density at radius 2 is 1.71 bits per heavy atom. The summed E-state index contributed by atoms with van der Waals surface area (Å²) in [6.45, 7) is 3.86. The van der Waals surface area contributed by atoms with Crippen molar-refractivity contribution in [2.24, 2.45) is 5.84 Å². The Morgan fingerprint density at radius 1 is 1.12 bits per heavy atom. The molecule has 0 bridgehead atoms. The standard InChI is InChI=1S/C11H17N3O2S/c1-10-4-2-3-5-11(10)17(15,16)14-8-6-13(12)7-9-14/h2-5H,6-9,12H2,1H3. The van der Waals surface area contributed by atoms with Gasteiger partial charge in [-0.2, -0.15) is 4.31 Å². The van der Waals surface area contributed by atoms with E-state index in [0.717, 1.165) is 5.56 Å². The van der Waals surface area contributed by atoms with E-state index in [0.29, 0.717) is 31.1 Å². The number of aryl methyl sites for hydroxylation is 1. The molecule has 1 aromatic rings. The maximum Gasteiger partial charge on any atom is 0.243 e. The molecule has 0 unspecified atom stereocenters. The first-order valence-electron chi connectivity index (χ1n) is 5.57. The van der Waals surface area contributed by atoms with Gasteiger partial charge in [0, 0.05) is 26.2 Å². The number of nitrogens with zero attached hydrogens (tertiary/aromatic N) is 2. The minimum Gasteiger partial charge on any atom is -0.269 e. The molecule has 94 valence electrons. The fraction of sp³-hybridized carbons (Fsp3) is 0.455. The summed E-state index contributed by atoms with van der Waals surface area (Å²) in [4.78, 5) is 0.394. The van der Waals surface area contributed by atoms with Gasteiger partial charge in [0.1, 0.15) is 0 Å². The van der Waals surface area contributed by atoms with Crippen molar-refractivity contribution in [3.63, 3.8) is 0 Å². The van der Waals surface area contributed by atoms with Crippen molar-refractivity contribution in [3.8, 4) is 0 Å². The summed E-state index contributed by atoms with van der Waals surface area (Å²) in [5.41, 5.74) is 0.780. The molecular formula is C11H17N3O2S. The van der Waals surface area contributed by atoms with E-state index in [4.69, 9.17) is 5.84 Å². The van der Waals surface area contributed by atoms with E-state index in [1.165, 1.54) is 4.31 Å². The van der Waals surface area contributed by atoms with E-state index in [1.54, 1.807) is 17.1 Å². The van der Waals surface area contributed by atoms with Gasteiger partial charge in [-0.05, 0) is 18.6 Å². The molecule has 1 aliphatic rings. The van der Waals surface area contributed by atoms with E-state index in [1.807, 2.05) is 19.1 Å². The highest BCUT2D eigenvalue weighted by atomic mass is 32.2. The fourth-order valence-electron chi connectivity index (χ4n) is 1.93. The van der Waals surface area contributed by atoms with Gasteiger partial charge in [-0.15, -0.1) is 0 Å². The van der Waals surface area contributed by atoms with Gasteiger partial charge in [-0.3, -0.25) is 5.84 Å². The van der Waals surface area contributed by atoms with Gasteiger partial charge in [0.05, 0.1) is 4.90 Å². The van der Waals surface area contributed by atoms with Crippen molar-refractivity contribution >= 4 is 10.0 Å². The molecule has 2 rings (SSSR count). The fourth-order valence-corrected chi connectivity index (χ4v) is 3.58. The Kier molecular flexibility index (Phi) is 3.48. The average molecular weight is 255 g/mol. The maximum atomic E-state index is 12.4. The van der Waals surface area contributed by atoms with E-state index in [2.05, 4.69) is 0 Å². The molecule has 5 nitrogen and oxygen atoms in total. The van der Waals surface area contributed by atoms with Crippen molar-refractivity contribution < 1.29 is 8.42 Å². The minimum absolute atomic E-state index is 0.394. The van der Waals surface area contributed by atoms with Crippen molar-refractivity contribution in [1.29, 1.82) is 0 Å². The summed E-state index contributed by atoms with van der Waals surface area (Å²) in [5, 5.41) is 1.64. The van der Waals surface area contributed by atoms with Crippen LogP contribution < -0.4 is 5.84 Å². The van der Waals surface area contributed by atoms with E-state index in [9.17, 15) is 8.42 Å². The maximum absolute atomic E-state index is 12.4. The highest BCUT2D eigenvalue weighted by molar-refractivity contribution is 7.89. The third kappa shape index (κ3) is 2.50. The van der Waals surface area contributed by atoms with Gasteiger partial charge in [-0.1, -0.05) is 18.2 Å². The lowest BCUT2D eigenvalue weighted by Crippen LogP contribution is -2.51. The van der Waals surface area contributed by atoms with E-state index in [-0.39, 0.29) is 0 Å². The molecule has 0 atom stereocenters. The van der Waals surface area contributed by atoms with Crippen LogP contribution in [-0.4, -0.2) is 43.9 Å². The van der Waals surface area contributed by atoms with E-state index >= 15 is 0 Å². The number of nitrogens with two attached hydrogens (primary N) is 1. The van der Waals surface area contributed by atoms with Crippen LogP contribution in [0.25, 0.3) is 0 Å². The molecule has 6 heteroatoms. The third-order valence-electron chi connectivity index (χ3n) is 2.98. The second-order valence-electron chi connectivity index (χ2n) is 4.21. The quantitative estimate of drug-likeness (QED) is 0.765. The molecule has 2 N–H and O–H groups in total. The van der Waals surface area contributed by atoms with Gasteiger partial charge < -0.3 is 0 Å². The highest BCUT2D eigenvalue weighted by Gasteiger charge is 2.28. The van der Waals surface area contributed by atoms with Gasteiger partial charge >= 0.3 is 0 Å². The van der Waals surface area contributed by atoms with Gasteiger partial charge in [0.25, 0.3) is 0 Å². The molecule has 17 heavy (non-hydrogen) atoms. The molecule has 1 aromatic carbocycles. The Bertz CT molecular complexity index is 493. The second kappa shape index (κ2) is 4.73. The van der Waals surface area contributed by atoms with Crippen LogP contribution >= 0.6 is 0 Å². The lowest BCUT2D eigenvalue weighted by Gasteiger charge is -2.31. The smallest absolute Gasteiger partial charge is 0.243 e. The van der Waals surface area contributed by atoms with E-state index < -0.39 is 10.0 Å². The SMILES string of the molecule is Cc1ccccc1S(=O)(=O)N1CCN(N)CC1. The Morgan fingerprint density at radius 3 is 2.29 bits per heavy atom. The molecule has 0 amide bonds. The molecule has 0 aliphatic carbocycles. The number of sulfonamides is 1. The van der Waals surface area contributed by atoms with Crippen LogP contribution in [0.1, 0.15) is 5.56 Å². The van der Waals surface area contributed by atoms with Crippen LogP contribution in [0.5, 0.6) is 0 Å². The predicted molar refractivity (Wildman–Crippen MR) is 65.7 cm³/mol. The lowest BCUT2D eigenvalue weighted by molar-refractivity contribution is 0.192. The number of rotatable bonds is 2. The zero-order chi connectivity index (χ0) is 12.5. The minimum atomic E-state index is -3.37. The first-order valence-corrected chi connectivity index (χ1v) is 7.01. The van der Waals surface area contributed by atoms with Crippen LogP contribution in [-0.2, 0) is 10.0 Å². The largest absolute Gasteiger partial charge is 0.269 e. The number of hydrogen-bond acceptors (Lipinski definition) is 4. The number of hydrazine groups is 1. The highest BCUT2D eigenvalue weighted by Crippen LogP contribution is 2.20. The Hall–Kier alpha value is -0.950. The molecule has 0 spiro atoms. The van der Waals surface area contributed by atoms with Gasteiger partial charge in [0.2, 0.25) is 10.0 Å². The normalized spacial score (nSPS) is 19.4. The molecule has 0 radical (unpaired) electrons. The molecule has 0 aromatic heterocycles. The monoisotopic (exact) mass is 255 g/mol. The van der Waals surface area contributed by atoms with Crippen LogP contribution in [0.15, 0.2) is 29.2 Å². The summed E-state index contributed by atoms with van der Waals surface area (Å²) in [7, 11) is -3.37. The molecule has 1 heterocycles. The Labute approximate surface area is 102 Å². The van der Waals surface area contributed by atoms with Crippen molar-refractivity contribution in [3.05, 3.63) is 29.8 Å². The number of piperazine rings is 1. The summed E-state index contributed by atoms with van der Waals surface area (Å²) in [6, 6.07) is 7.05. The third-order valence-corrected chi connectivity index (χ3v) is 5.04. The zero-order valence-electron chi connectivity index (χ0n) is 9.83. The second-order valence-corrected chi connectivity index (χ2v) is 6.11. The average Bonchev–Trinajstić information content (AvgIpc) is 2.30. The molecule has 1 fully saturated rings. The van der Waals surface area contributed by atoms with Gasteiger partial charge in [0.15, 0.2) is 0 Å². The first kappa shape index (κ1) is 12.5. The molecule has 1 aliphatic heterocycles. The summed E-state index contributed by atoms with van der Waals surface area (Å²) >= 11 is 0.